The number of carbonyl (C=O) groups is 1. The van der Waals surface area contributed by atoms with E-state index in [0.717, 1.165) is 0 Å². The first-order valence-electron chi connectivity index (χ1n) is 7.20. The fourth-order valence-corrected chi connectivity index (χ4v) is 2.30. The molecule has 1 amide bonds. The fourth-order valence-electron chi connectivity index (χ4n) is 2.07. The van der Waals surface area contributed by atoms with Crippen molar-refractivity contribution in [2.75, 3.05) is 26.1 Å². The molecule has 0 saturated carbocycles. The highest BCUT2D eigenvalue weighted by atomic mass is 35.5. The number of carbonyl (C=O) groups excluding carboxylic acids is 1. The van der Waals surface area contributed by atoms with Gasteiger partial charge in [-0.25, -0.2) is 4.39 Å². The van der Waals surface area contributed by atoms with Gasteiger partial charge in [0.05, 0.1) is 31.5 Å². The van der Waals surface area contributed by atoms with Gasteiger partial charge in [-0.15, -0.1) is 0 Å². The van der Waals surface area contributed by atoms with Crippen LogP contribution in [0.4, 0.5) is 10.1 Å². The zero-order valence-corrected chi connectivity index (χ0v) is 14.1. The van der Waals surface area contributed by atoms with Gasteiger partial charge in [0.1, 0.15) is 17.3 Å². The Bertz CT molecular complexity index is 725. The van der Waals surface area contributed by atoms with Crippen LogP contribution < -0.4 is 20.1 Å². The lowest BCUT2D eigenvalue weighted by Gasteiger charge is -2.14. The Balaban J connectivity index is 1.95. The molecule has 2 rings (SSSR count). The molecule has 0 unspecified atom stereocenters. The molecule has 0 saturated heterocycles. The standard InChI is InChI=1S/C17H18ClFN2O3/c1-23-15-8-14(16(24-2)7-12(15)18)20-10-17(22)21-9-11-5-3-4-6-13(11)19/h3-8,20H,9-10H2,1-2H3,(H,21,22). The summed E-state index contributed by atoms with van der Waals surface area (Å²) in [4.78, 5) is 11.9. The molecule has 0 radical (unpaired) electrons. The Labute approximate surface area is 144 Å². The van der Waals surface area contributed by atoms with Crippen LogP contribution in [0.3, 0.4) is 0 Å². The maximum absolute atomic E-state index is 13.5. The molecule has 2 aromatic rings. The van der Waals surface area contributed by atoms with E-state index >= 15 is 0 Å². The largest absolute Gasteiger partial charge is 0.495 e. The third kappa shape index (κ3) is 4.52. The average molecular weight is 353 g/mol. The highest BCUT2D eigenvalue weighted by Crippen LogP contribution is 2.35. The Morgan fingerprint density at radius 2 is 1.88 bits per heavy atom. The van der Waals surface area contributed by atoms with Gasteiger partial charge in [0.2, 0.25) is 5.91 Å². The summed E-state index contributed by atoms with van der Waals surface area (Å²) in [6, 6.07) is 9.53. The SMILES string of the molecule is COc1cc(NCC(=O)NCc2ccccc2F)c(OC)cc1Cl. The van der Waals surface area contributed by atoms with Crippen LogP contribution >= 0.6 is 11.6 Å². The van der Waals surface area contributed by atoms with Crippen molar-refractivity contribution in [1.29, 1.82) is 0 Å². The summed E-state index contributed by atoms with van der Waals surface area (Å²) < 4.78 is 23.9. The third-order valence-electron chi connectivity index (χ3n) is 3.35. The first kappa shape index (κ1) is 17.9. The number of anilines is 1. The number of methoxy groups -OCH3 is 2. The third-order valence-corrected chi connectivity index (χ3v) is 3.64. The molecule has 5 nitrogen and oxygen atoms in total. The van der Waals surface area contributed by atoms with Crippen molar-refractivity contribution in [3.8, 4) is 11.5 Å². The zero-order chi connectivity index (χ0) is 17.5. The van der Waals surface area contributed by atoms with Crippen LogP contribution in [0.1, 0.15) is 5.56 Å². The summed E-state index contributed by atoms with van der Waals surface area (Å²) in [7, 11) is 3.00. The number of hydrogen-bond donors (Lipinski definition) is 2. The van der Waals surface area contributed by atoms with Crippen LogP contribution in [-0.2, 0) is 11.3 Å². The van der Waals surface area contributed by atoms with E-state index in [2.05, 4.69) is 10.6 Å². The van der Waals surface area contributed by atoms with Crippen molar-refractivity contribution in [3.05, 3.63) is 52.8 Å². The molecule has 0 spiro atoms. The minimum absolute atomic E-state index is 0.00437. The van der Waals surface area contributed by atoms with Crippen LogP contribution in [0.2, 0.25) is 5.02 Å². The van der Waals surface area contributed by atoms with Gasteiger partial charge in [-0.2, -0.15) is 0 Å². The van der Waals surface area contributed by atoms with Crippen LogP contribution in [0.25, 0.3) is 0 Å². The summed E-state index contributed by atoms with van der Waals surface area (Å²) in [6.45, 7) is 0.115. The lowest BCUT2D eigenvalue weighted by atomic mass is 10.2. The van der Waals surface area contributed by atoms with E-state index in [0.29, 0.717) is 27.8 Å². The molecule has 2 aromatic carbocycles. The predicted molar refractivity (Wildman–Crippen MR) is 91.3 cm³/mol. The van der Waals surface area contributed by atoms with Gasteiger partial charge in [0.25, 0.3) is 0 Å². The summed E-state index contributed by atoms with van der Waals surface area (Å²) >= 11 is 6.03. The van der Waals surface area contributed by atoms with Crippen molar-refractivity contribution in [2.45, 2.75) is 6.54 Å². The molecule has 0 aliphatic heterocycles. The molecule has 0 aliphatic carbocycles. The molecule has 24 heavy (non-hydrogen) atoms. The molecule has 0 heterocycles. The van der Waals surface area contributed by atoms with E-state index < -0.39 is 0 Å². The first-order chi connectivity index (χ1) is 11.5. The summed E-state index contributed by atoms with van der Waals surface area (Å²) in [5.74, 6) is 0.318. The van der Waals surface area contributed by atoms with Crippen LogP contribution in [0.15, 0.2) is 36.4 Å². The molecule has 0 aromatic heterocycles. The second-order valence-electron chi connectivity index (χ2n) is 4.91. The lowest BCUT2D eigenvalue weighted by molar-refractivity contribution is -0.119. The normalized spacial score (nSPS) is 10.2. The molecule has 7 heteroatoms. The number of halogens is 2. The van der Waals surface area contributed by atoms with Gasteiger partial charge in [-0.3, -0.25) is 4.79 Å². The molecular formula is C17H18ClFN2O3. The number of ether oxygens (including phenoxy) is 2. The van der Waals surface area contributed by atoms with E-state index in [-0.39, 0.29) is 24.8 Å². The zero-order valence-electron chi connectivity index (χ0n) is 13.4. The van der Waals surface area contributed by atoms with Crippen molar-refractivity contribution in [2.24, 2.45) is 0 Å². The highest BCUT2D eigenvalue weighted by Gasteiger charge is 2.11. The second-order valence-corrected chi connectivity index (χ2v) is 5.32. The molecule has 128 valence electrons. The molecule has 2 N–H and O–H groups in total. The van der Waals surface area contributed by atoms with Gasteiger partial charge in [-0.05, 0) is 6.07 Å². The number of nitrogens with one attached hydrogen (secondary N) is 2. The van der Waals surface area contributed by atoms with Gasteiger partial charge in [0.15, 0.2) is 0 Å². The van der Waals surface area contributed by atoms with E-state index in [9.17, 15) is 9.18 Å². The van der Waals surface area contributed by atoms with E-state index in [1.165, 1.54) is 20.3 Å². The van der Waals surface area contributed by atoms with Gasteiger partial charge < -0.3 is 20.1 Å². The second kappa shape index (κ2) is 8.40. The van der Waals surface area contributed by atoms with Crippen LogP contribution in [0, 0.1) is 5.82 Å². The Morgan fingerprint density at radius 1 is 1.17 bits per heavy atom. The number of hydrogen-bond acceptors (Lipinski definition) is 4. The first-order valence-corrected chi connectivity index (χ1v) is 7.58. The minimum atomic E-state index is -0.352. The number of amides is 1. The molecule has 0 bridgehead atoms. The van der Waals surface area contributed by atoms with Crippen molar-refractivity contribution in [3.63, 3.8) is 0 Å². The quantitative estimate of drug-likeness (QED) is 0.803. The number of benzene rings is 2. The van der Waals surface area contributed by atoms with E-state index in [1.807, 2.05) is 0 Å². The fraction of sp³-hybridized carbons (Fsp3) is 0.235. The van der Waals surface area contributed by atoms with Crippen LogP contribution in [0.5, 0.6) is 11.5 Å². The maximum atomic E-state index is 13.5. The Kier molecular flexibility index (Phi) is 6.26. The minimum Gasteiger partial charge on any atom is -0.495 e. The van der Waals surface area contributed by atoms with E-state index in [1.54, 1.807) is 30.3 Å². The Hall–Kier alpha value is -2.47. The van der Waals surface area contributed by atoms with Crippen LogP contribution in [-0.4, -0.2) is 26.7 Å². The average Bonchev–Trinajstić information content (AvgIpc) is 2.59. The molecule has 0 aliphatic rings. The topological polar surface area (TPSA) is 59.6 Å². The van der Waals surface area contributed by atoms with Gasteiger partial charge in [-0.1, -0.05) is 29.8 Å². The van der Waals surface area contributed by atoms with Crippen molar-refractivity contribution >= 4 is 23.2 Å². The van der Waals surface area contributed by atoms with E-state index in [4.69, 9.17) is 21.1 Å². The monoisotopic (exact) mass is 352 g/mol. The van der Waals surface area contributed by atoms with Gasteiger partial charge >= 0.3 is 0 Å². The summed E-state index contributed by atoms with van der Waals surface area (Å²) in [6.07, 6.45) is 0. The van der Waals surface area contributed by atoms with Crippen molar-refractivity contribution < 1.29 is 18.7 Å². The maximum Gasteiger partial charge on any atom is 0.239 e. The van der Waals surface area contributed by atoms with Gasteiger partial charge in [0, 0.05) is 24.2 Å². The number of rotatable bonds is 7. The lowest BCUT2D eigenvalue weighted by Crippen LogP contribution is -2.29. The Morgan fingerprint density at radius 3 is 2.54 bits per heavy atom. The molecule has 0 fully saturated rings. The smallest absolute Gasteiger partial charge is 0.239 e. The molecular weight excluding hydrogens is 335 g/mol. The molecule has 0 atom stereocenters. The summed E-state index contributed by atoms with van der Waals surface area (Å²) in [5.41, 5.74) is 0.997. The summed E-state index contributed by atoms with van der Waals surface area (Å²) in [5, 5.41) is 6.00. The highest BCUT2D eigenvalue weighted by molar-refractivity contribution is 6.32. The predicted octanol–water partition coefficient (Wildman–Crippen LogP) is 3.22. The van der Waals surface area contributed by atoms with Crippen molar-refractivity contribution in [1.82, 2.24) is 5.32 Å².